The SMILES string of the molecule is Cc1ccc(C)c(C(C)(O)Cc2cccc(F)c2Br)c1. The molecule has 106 valence electrons. The number of rotatable bonds is 3. The lowest BCUT2D eigenvalue weighted by atomic mass is 9.85. The number of benzene rings is 2. The molecule has 0 radical (unpaired) electrons. The van der Waals surface area contributed by atoms with Crippen molar-refractivity contribution in [2.24, 2.45) is 0 Å². The predicted molar refractivity (Wildman–Crippen MR) is 83.3 cm³/mol. The molecule has 2 rings (SSSR count). The molecule has 3 heteroatoms. The van der Waals surface area contributed by atoms with Gasteiger partial charge in [0.15, 0.2) is 0 Å². The lowest BCUT2D eigenvalue weighted by Crippen LogP contribution is -2.26. The maximum absolute atomic E-state index is 13.6. The monoisotopic (exact) mass is 336 g/mol. The minimum atomic E-state index is -1.04. The molecule has 2 aromatic carbocycles. The first-order valence-corrected chi connectivity index (χ1v) is 7.33. The Morgan fingerprint density at radius 3 is 2.60 bits per heavy atom. The third kappa shape index (κ3) is 3.10. The van der Waals surface area contributed by atoms with Crippen LogP contribution in [-0.4, -0.2) is 5.11 Å². The first-order chi connectivity index (χ1) is 9.31. The summed E-state index contributed by atoms with van der Waals surface area (Å²) in [5, 5.41) is 10.8. The maximum Gasteiger partial charge on any atom is 0.137 e. The largest absolute Gasteiger partial charge is 0.385 e. The van der Waals surface area contributed by atoms with Crippen molar-refractivity contribution < 1.29 is 9.50 Å². The Morgan fingerprint density at radius 2 is 1.90 bits per heavy atom. The van der Waals surface area contributed by atoms with Gasteiger partial charge in [-0.1, -0.05) is 35.9 Å². The fourth-order valence-electron chi connectivity index (χ4n) is 2.47. The van der Waals surface area contributed by atoms with Crippen molar-refractivity contribution in [3.05, 3.63) is 68.9 Å². The molecular formula is C17H18BrFO. The number of halogens is 2. The van der Waals surface area contributed by atoms with Crippen LogP contribution in [-0.2, 0) is 12.0 Å². The highest BCUT2D eigenvalue weighted by atomic mass is 79.9. The third-order valence-corrected chi connectivity index (χ3v) is 4.43. The Labute approximate surface area is 127 Å². The van der Waals surface area contributed by atoms with E-state index in [0.717, 1.165) is 22.3 Å². The molecule has 0 aliphatic carbocycles. The van der Waals surface area contributed by atoms with E-state index in [1.807, 2.05) is 38.1 Å². The second kappa shape index (κ2) is 5.66. The van der Waals surface area contributed by atoms with E-state index < -0.39 is 5.60 Å². The Hall–Kier alpha value is -1.19. The summed E-state index contributed by atoms with van der Waals surface area (Å²) in [6.07, 6.45) is 0.357. The molecule has 0 heterocycles. The molecule has 0 spiro atoms. The molecule has 0 saturated carbocycles. The van der Waals surface area contributed by atoms with Gasteiger partial charge in [0.05, 0.1) is 10.1 Å². The lowest BCUT2D eigenvalue weighted by Gasteiger charge is -2.27. The van der Waals surface area contributed by atoms with Crippen LogP contribution in [0.5, 0.6) is 0 Å². The highest BCUT2D eigenvalue weighted by molar-refractivity contribution is 9.10. The Bertz CT molecular complexity index is 635. The van der Waals surface area contributed by atoms with Gasteiger partial charge in [0, 0.05) is 6.42 Å². The van der Waals surface area contributed by atoms with E-state index in [0.29, 0.717) is 10.9 Å². The third-order valence-electron chi connectivity index (χ3n) is 3.54. The van der Waals surface area contributed by atoms with Crippen molar-refractivity contribution in [3.63, 3.8) is 0 Å². The van der Waals surface area contributed by atoms with Gasteiger partial charge in [-0.25, -0.2) is 4.39 Å². The number of aryl methyl sites for hydroxylation is 2. The van der Waals surface area contributed by atoms with Crippen LogP contribution in [0.2, 0.25) is 0 Å². The van der Waals surface area contributed by atoms with Gasteiger partial charge in [0.25, 0.3) is 0 Å². The summed E-state index contributed by atoms with van der Waals surface area (Å²) >= 11 is 3.25. The zero-order valence-corrected chi connectivity index (χ0v) is 13.5. The number of aliphatic hydroxyl groups is 1. The zero-order chi connectivity index (χ0) is 14.9. The minimum Gasteiger partial charge on any atom is -0.385 e. The zero-order valence-electron chi connectivity index (χ0n) is 11.9. The summed E-state index contributed by atoms with van der Waals surface area (Å²) in [5.41, 5.74) is 2.74. The lowest BCUT2D eigenvalue weighted by molar-refractivity contribution is 0.0567. The Morgan fingerprint density at radius 1 is 1.20 bits per heavy atom. The maximum atomic E-state index is 13.6. The molecule has 20 heavy (non-hydrogen) atoms. The van der Waals surface area contributed by atoms with E-state index >= 15 is 0 Å². The molecule has 0 bridgehead atoms. The van der Waals surface area contributed by atoms with E-state index in [9.17, 15) is 9.50 Å². The van der Waals surface area contributed by atoms with Crippen LogP contribution in [0.3, 0.4) is 0 Å². The van der Waals surface area contributed by atoms with Gasteiger partial charge in [-0.2, -0.15) is 0 Å². The summed E-state index contributed by atoms with van der Waals surface area (Å²) < 4.78 is 14.0. The Kier molecular flexibility index (Phi) is 4.31. The molecule has 0 aliphatic rings. The quantitative estimate of drug-likeness (QED) is 0.864. The predicted octanol–water partition coefficient (Wildman–Crippen LogP) is 4.66. The fourth-order valence-corrected chi connectivity index (χ4v) is 2.87. The summed E-state index contributed by atoms with van der Waals surface area (Å²) in [4.78, 5) is 0. The summed E-state index contributed by atoms with van der Waals surface area (Å²) in [5.74, 6) is -0.306. The molecule has 1 nitrogen and oxygen atoms in total. The van der Waals surface area contributed by atoms with Crippen molar-refractivity contribution in [2.75, 3.05) is 0 Å². The van der Waals surface area contributed by atoms with Crippen molar-refractivity contribution >= 4 is 15.9 Å². The summed E-state index contributed by atoms with van der Waals surface area (Å²) in [7, 11) is 0. The van der Waals surface area contributed by atoms with Crippen molar-refractivity contribution in [1.82, 2.24) is 0 Å². The van der Waals surface area contributed by atoms with Crippen LogP contribution < -0.4 is 0 Å². The van der Waals surface area contributed by atoms with E-state index in [1.165, 1.54) is 6.07 Å². The summed E-state index contributed by atoms with van der Waals surface area (Å²) in [6, 6.07) is 10.9. The number of hydrogen-bond donors (Lipinski definition) is 1. The van der Waals surface area contributed by atoms with Crippen molar-refractivity contribution in [3.8, 4) is 0 Å². The van der Waals surface area contributed by atoms with E-state index in [2.05, 4.69) is 15.9 Å². The van der Waals surface area contributed by atoms with Gasteiger partial charge < -0.3 is 5.11 Å². The van der Waals surface area contributed by atoms with Gasteiger partial charge in [-0.05, 0) is 59.5 Å². The average molecular weight is 337 g/mol. The molecule has 1 N–H and O–H groups in total. The van der Waals surface area contributed by atoms with Gasteiger partial charge in [0.2, 0.25) is 0 Å². The Balaban J connectivity index is 2.40. The smallest absolute Gasteiger partial charge is 0.137 e. The highest BCUT2D eigenvalue weighted by Crippen LogP contribution is 2.32. The molecule has 1 atom stereocenters. The van der Waals surface area contributed by atoms with E-state index in [4.69, 9.17) is 0 Å². The van der Waals surface area contributed by atoms with Gasteiger partial charge >= 0.3 is 0 Å². The molecule has 1 unspecified atom stereocenters. The molecular weight excluding hydrogens is 319 g/mol. The molecule has 0 saturated heterocycles. The first kappa shape index (κ1) is 15.2. The molecule has 0 amide bonds. The van der Waals surface area contributed by atoms with Gasteiger partial charge in [-0.15, -0.1) is 0 Å². The molecule has 0 fully saturated rings. The van der Waals surface area contributed by atoms with E-state index in [-0.39, 0.29) is 5.82 Å². The molecule has 2 aromatic rings. The van der Waals surface area contributed by atoms with Gasteiger partial charge in [-0.3, -0.25) is 0 Å². The topological polar surface area (TPSA) is 20.2 Å². The number of hydrogen-bond acceptors (Lipinski definition) is 1. The van der Waals surface area contributed by atoms with Crippen molar-refractivity contribution in [1.29, 1.82) is 0 Å². The van der Waals surface area contributed by atoms with Crippen LogP contribution in [0.1, 0.15) is 29.2 Å². The van der Waals surface area contributed by atoms with Crippen LogP contribution in [0.4, 0.5) is 4.39 Å². The van der Waals surface area contributed by atoms with Crippen LogP contribution >= 0.6 is 15.9 Å². The second-order valence-electron chi connectivity index (χ2n) is 5.48. The van der Waals surface area contributed by atoms with Crippen LogP contribution in [0.15, 0.2) is 40.9 Å². The van der Waals surface area contributed by atoms with Crippen LogP contribution in [0, 0.1) is 19.7 Å². The fraction of sp³-hybridized carbons (Fsp3) is 0.294. The highest BCUT2D eigenvalue weighted by Gasteiger charge is 2.26. The minimum absolute atomic E-state index is 0.306. The molecule has 0 aliphatic heterocycles. The van der Waals surface area contributed by atoms with Crippen molar-refractivity contribution in [2.45, 2.75) is 32.8 Å². The first-order valence-electron chi connectivity index (χ1n) is 6.54. The second-order valence-corrected chi connectivity index (χ2v) is 6.27. The van der Waals surface area contributed by atoms with Crippen LogP contribution in [0.25, 0.3) is 0 Å². The van der Waals surface area contributed by atoms with E-state index in [1.54, 1.807) is 13.0 Å². The standard InChI is InChI=1S/C17H18BrFO/c1-11-7-8-12(2)14(9-11)17(3,20)10-13-5-4-6-15(19)16(13)18/h4-9,20H,10H2,1-3H3. The summed E-state index contributed by atoms with van der Waals surface area (Å²) in [6.45, 7) is 5.74. The average Bonchev–Trinajstić information content (AvgIpc) is 2.37. The normalized spacial score (nSPS) is 14.1. The molecule has 0 aromatic heterocycles. The van der Waals surface area contributed by atoms with Gasteiger partial charge in [0.1, 0.15) is 5.82 Å².